The lowest BCUT2D eigenvalue weighted by atomic mass is 10.0. The van der Waals surface area contributed by atoms with Crippen LogP contribution in [0.4, 0.5) is 5.95 Å². The molecule has 0 aliphatic rings. The van der Waals surface area contributed by atoms with Crippen molar-refractivity contribution in [2.75, 3.05) is 12.4 Å². The average Bonchev–Trinajstić information content (AvgIpc) is 2.46. The van der Waals surface area contributed by atoms with Crippen molar-refractivity contribution in [2.24, 2.45) is 0 Å². The van der Waals surface area contributed by atoms with Gasteiger partial charge in [-0.15, -0.1) is 0 Å². The minimum Gasteiger partial charge on any atom is -0.461 e. The van der Waals surface area contributed by atoms with Crippen LogP contribution in [-0.4, -0.2) is 28.1 Å². The highest BCUT2D eigenvalue weighted by Gasteiger charge is 2.10. The average molecular weight is 286 g/mol. The Labute approximate surface area is 125 Å². The van der Waals surface area contributed by atoms with Crippen molar-refractivity contribution < 1.29 is 4.74 Å². The summed E-state index contributed by atoms with van der Waals surface area (Å²) in [5.41, 5.74) is 2.24. The molecule has 21 heavy (non-hydrogen) atoms. The monoisotopic (exact) mass is 286 g/mol. The molecule has 5 nitrogen and oxygen atoms in total. The number of rotatable bonds is 5. The minimum atomic E-state index is 0.0215. The van der Waals surface area contributed by atoms with Crippen LogP contribution in [0.25, 0.3) is 11.4 Å². The van der Waals surface area contributed by atoms with Gasteiger partial charge in [-0.05, 0) is 25.3 Å². The largest absolute Gasteiger partial charge is 0.461 e. The summed E-state index contributed by atoms with van der Waals surface area (Å²) in [4.78, 5) is 13.0. The Morgan fingerprint density at radius 3 is 2.14 bits per heavy atom. The minimum absolute atomic E-state index is 0.0215. The number of hydrogen-bond acceptors (Lipinski definition) is 5. The molecular weight excluding hydrogens is 264 g/mol. The summed E-state index contributed by atoms with van der Waals surface area (Å²) in [7, 11) is 1.78. The second-order valence-electron chi connectivity index (χ2n) is 5.46. The quantitative estimate of drug-likeness (QED) is 0.911. The maximum absolute atomic E-state index is 5.58. The third-order valence-electron chi connectivity index (χ3n) is 3.02. The standard InChI is InChI=1S/C16H22N4O/c1-10(2)12-6-8-13(9-7-12)14-18-15(17-5)20-16(19-14)21-11(3)4/h6-11H,1-5H3,(H,17,18,19,20). The lowest BCUT2D eigenvalue weighted by Crippen LogP contribution is -2.11. The lowest BCUT2D eigenvalue weighted by molar-refractivity contribution is 0.222. The molecule has 1 N–H and O–H groups in total. The Morgan fingerprint density at radius 2 is 1.62 bits per heavy atom. The Hall–Kier alpha value is -2.17. The zero-order chi connectivity index (χ0) is 15.4. The van der Waals surface area contributed by atoms with E-state index in [9.17, 15) is 0 Å². The van der Waals surface area contributed by atoms with Gasteiger partial charge in [-0.25, -0.2) is 0 Å². The highest BCUT2D eigenvalue weighted by atomic mass is 16.5. The van der Waals surface area contributed by atoms with E-state index in [4.69, 9.17) is 4.74 Å². The molecule has 0 saturated heterocycles. The normalized spacial score (nSPS) is 11.0. The molecule has 0 unspecified atom stereocenters. The molecule has 0 bridgehead atoms. The van der Waals surface area contributed by atoms with Gasteiger partial charge in [0.2, 0.25) is 5.95 Å². The number of anilines is 1. The number of ether oxygens (including phenoxy) is 1. The van der Waals surface area contributed by atoms with E-state index in [1.807, 2.05) is 26.0 Å². The van der Waals surface area contributed by atoms with Crippen LogP contribution in [0.15, 0.2) is 24.3 Å². The molecule has 0 atom stereocenters. The van der Waals surface area contributed by atoms with Crippen molar-refractivity contribution >= 4 is 5.95 Å². The van der Waals surface area contributed by atoms with Crippen LogP contribution in [0, 0.1) is 0 Å². The third-order valence-corrected chi connectivity index (χ3v) is 3.02. The molecule has 0 fully saturated rings. The van der Waals surface area contributed by atoms with E-state index in [0.717, 1.165) is 5.56 Å². The van der Waals surface area contributed by atoms with Gasteiger partial charge in [0.1, 0.15) is 0 Å². The summed E-state index contributed by atoms with van der Waals surface area (Å²) in [5, 5.41) is 2.94. The molecule has 0 aliphatic carbocycles. The Balaban J connectivity index is 2.37. The summed E-state index contributed by atoms with van der Waals surface area (Å²) >= 11 is 0. The van der Waals surface area contributed by atoms with Crippen LogP contribution in [0.3, 0.4) is 0 Å². The summed E-state index contributed by atoms with van der Waals surface area (Å²) in [5.74, 6) is 1.62. The predicted molar refractivity (Wildman–Crippen MR) is 84.7 cm³/mol. The van der Waals surface area contributed by atoms with Gasteiger partial charge >= 0.3 is 6.01 Å². The first-order valence-corrected chi connectivity index (χ1v) is 7.20. The fraction of sp³-hybridized carbons (Fsp3) is 0.438. The molecule has 0 amide bonds. The first kappa shape index (κ1) is 15.2. The molecule has 0 saturated carbocycles. The molecule has 2 rings (SSSR count). The van der Waals surface area contributed by atoms with Crippen LogP contribution in [0.1, 0.15) is 39.2 Å². The van der Waals surface area contributed by atoms with E-state index in [-0.39, 0.29) is 6.10 Å². The number of nitrogens with one attached hydrogen (secondary N) is 1. The molecular formula is C16H22N4O. The van der Waals surface area contributed by atoms with Crippen molar-refractivity contribution in [2.45, 2.75) is 39.7 Å². The number of benzene rings is 1. The zero-order valence-corrected chi connectivity index (χ0v) is 13.2. The molecule has 0 spiro atoms. The molecule has 1 aromatic heterocycles. The molecule has 0 aliphatic heterocycles. The van der Waals surface area contributed by atoms with E-state index in [0.29, 0.717) is 23.7 Å². The fourth-order valence-electron chi connectivity index (χ4n) is 1.88. The van der Waals surface area contributed by atoms with Gasteiger partial charge < -0.3 is 10.1 Å². The van der Waals surface area contributed by atoms with Crippen LogP contribution in [-0.2, 0) is 0 Å². The smallest absolute Gasteiger partial charge is 0.322 e. The van der Waals surface area contributed by atoms with Crippen molar-refractivity contribution in [3.8, 4) is 17.4 Å². The van der Waals surface area contributed by atoms with E-state index in [1.165, 1.54) is 5.56 Å². The first-order valence-electron chi connectivity index (χ1n) is 7.20. The molecule has 1 aromatic carbocycles. The second kappa shape index (κ2) is 6.52. The van der Waals surface area contributed by atoms with Crippen LogP contribution >= 0.6 is 0 Å². The molecule has 0 radical (unpaired) electrons. The van der Waals surface area contributed by atoms with E-state index in [2.05, 4.69) is 46.2 Å². The highest BCUT2D eigenvalue weighted by Crippen LogP contribution is 2.22. The second-order valence-corrected chi connectivity index (χ2v) is 5.46. The fourth-order valence-corrected chi connectivity index (χ4v) is 1.88. The summed E-state index contributed by atoms with van der Waals surface area (Å²) in [6.07, 6.45) is 0.0215. The van der Waals surface area contributed by atoms with E-state index >= 15 is 0 Å². The number of nitrogens with zero attached hydrogens (tertiary/aromatic N) is 3. The van der Waals surface area contributed by atoms with Gasteiger partial charge in [0.05, 0.1) is 6.10 Å². The maximum atomic E-state index is 5.58. The van der Waals surface area contributed by atoms with Gasteiger partial charge in [-0.3, -0.25) is 0 Å². The van der Waals surface area contributed by atoms with Crippen molar-refractivity contribution in [3.63, 3.8) is 0 Å². The van der Waals surface area contributed by atoms with Gasteiger partial charge in [-0.1, -0.05) is 38.1 Å². The molecule has 112 valence electrons. The van der Waals surface area contributed by atoms with Gasteiger partial charge in [0, 0.05) is 12.6 Å². The summed E-state index contributed by atoms with van der Waals surface area (Å²) in [6, 6.07) is 8.61. The Bertz CT molecular complexity index is 594. The van der Waals surface area contributed by atoms with Gasteiger partial charge in [-0.2, -0.15) is 15.0 Å². The Morgan fingerprint density at radius 1 is 0.952 bits per heavy atom. The lowest BCUT2D eigenvalue weighted by Gasteiger charge is -2.11. The Kier molecular flexibility index (Phi) is 4.73. The van der Waals surface area contributed by atoms with Crippen LogP contribution in [0.2, 0.25) is 0 Å². The first-order chi connectivity index (χ1) is 9.99. The topological polar surface area (TPSA) is 59.9 Å². The van der Waals surface area contributed by atoms with Crippen molar-refractivity contribution in [1.82, 2.24) is 15.0 Å². The van der Waals surface area contributed by atoms with Gasteiger partial charge in [0.25, 0.3) is 0 Å². The molecule has 5 heteroatoms. The highest BCUT2D eigenvalue weighted by molar-refractivity contribution is 5.57. The van der Waals surface area contributed by atoms with Gasteiger partial charge in [0.15, 0.2) is 5.82 Å². The summed E-state index contributed by atoms with van der Waals surface area (Å²) in [6.45, 7) is 8.23. The molecule has 1 heterocycles. The van der Waals surface area contributed by atoms with Crippen LogP contribution < -0.4 is 10.1 Å². The van der Waals surface area contributed by atoms with Crippen molar-refractivity contribution in [1.29, 1.82) is 0 Å². The van der Waals surface area contributed by atoms with Crippen molar-refractivity contribution in [3.05, 3.63) is 29.8 Å². The number of aromatic nitrogens is 3. The third kappa shape index (κ3) is 3.90. The summed E-state index contributed by atoms with van der Waals surface area (Å²) < 4.78 is 5.58. The predicted octanol–water partition coefficient (Wildman–Crippen LogP) is 3.49. The van der Waals surface area contributed by atoms with E-state index in [1.54, 1.807) is 7.05 Å². The SMILES string of the molecule is CNc1nc(OC(C)C)nc(-c2ccc(C(C)C)cc2)n1. The maximum Gasteiger partial charge on any atom is 0.322 e. The molecule has 2 aromatic rings. The van der Waals surface area contributed by atoms with Crippen LogP contribution in [0.5, 0.6) is 6.01 Å². The van der Waals surface area contributed by atoms with E-state index < -0.39 is 0 Å². The number of hydrogen-bond donors (Lipinski definition) is 1. The zero-order valence-electron chi connectivity index (χ0n) is 13.2.